The first-order valence-corrected chi connectivity index (χ1v) is 50.6. The number of likely N-dealkylation sites (N-methyl/N-ethyl adjacent to an activating group) is 2. The normalized spacial score (nSPS) is 12.8. The van der Waals surface area contributed by atoms with Crippen molar-refractivity contribution in [3.8, 4) is 5.69 Å². The summed E-state index contributed by atoms with van der Waals surface area (Å²) in [5, 5.41) is 52.5. The number of hydrogen-bond donors (Lipinski definition) is 7. The largest absolute Gasteiger partial charge is 0.369 e. The first-order valence-electron chi connectivity index (χ1n) is 49.1. The molecule has 0 spiro atoms. The maximum atomic E-state index is 12.6. The van der Waals surface area contributed by atoms with Gasteiger partial charge in [0.25, 0.3) is 11.8 Å². The average Bonchev–Trinajstić information content (AvgIpc) is 1.66. The summed E-state index contributed by atoms with van der Waals surface area (Å²) in [6.07, 6.45) is 8.32. The molecule has 0 aliphatic carbocycles. The van der Waals surface area contributed by atoms with E-state index >= 15 is 0 Å². The average molecular weight is 1960 g/mol. The highest BCUT2D eigenvalue weighted by Gasteiger charge is 2.24. The van der Waals surface area contributed by atoms with Crippen LogP contribution in [0.4, 0.5) is 57.9 Å². The van der Waals surface area contributed by atoms with E-state index in [2.05, 4.69) is 291 Å². The molecule has 2 saturated heterocycles. The van der Waals surface area contributed by atoms with Crippen LogP contribution in [0, 0.1) is 0 Å². The molecule has 0 unspecified atom stereocenters. The molecule has 37 nitrogen and oxygen atoms in total. The van der Waals surface area contributed by atoms with E-state index in [1.54, 1.807) is 92.0 Å². The minimum atomic E-state index is -3.57. The molecule has 2 amide bonds. The first kappa shape index (κ1) is 100. The van der Waals surface area contributed by atoms with Crippen LogP contribution in [-0.2, 0) is 42.7 Å². The van der Waals surface area contributed by atoms with Crippen LogP contribution in [-0.4, -0.2) is 251 Å². The monoisotopic (exact) mass is 1960 g/mol. The second-order valence-electron chi connectivity index (χ2n) is 34.9. The Labute approximate surface area is 842 Å². The second kappa shape index (κ2) is 49.8. The Kier molecular flexibility index (Phi) is 34.4. The quantitative estimate of drug-likeness (QED) is 0.0177. The highest BCUT2D eigenvalue weighted by Crippen LogP contribution is 2.29. The molecule has 2 aliphatic rings. The number of rotatable bonds is 38. The molecule has 38 heteroatoms. The van der Waals surface area contributed by atoms with Crippen molar-refractivity contribution >= 4 is 124 Å². The molecule has 7 N–H and O–H groups in total. The molecule has 18 aromatic rings. The number of carbonyl (C=O) groups is 2. The van der Waals surface area contributed by atoms with Gasteiger partial charge in [0.15, 0.2) is 44.7 Å². The molecule has 2 fully saturated rings. The second-order valence-corrected chi connectivity index (χ2v) is 36.6. The van der Waals surface area contributed by atoms with E-state index in [1.807, 2.05) is 110 Å². The Bertz CT molecular complexity index is 7280. The fourth-order valence-corrected chi connectivity index (χ4v) is 17.8. The van der Waals surface area contributed by atoms with E-state index < -0.39 is 10.0 Å². The van der Waals surface area contributed by atoms with Crippen LogP contribution in [0.2, 0.25) is 0 Å². The third-order valence-electron chi connectivity index (χ3n) is 24.9. The molecule has 20 rings (SSSR count). The molecule has 0 bridgehead atoms. The van der Waals surface area contributed by atoms with E-state index in [9.17, 15) is 18.0 Å². The number of carbonyl (C=O) groups excluding carboxylic acids is 2. The van der Waals surface area contributed by atoms with Crippen LogP contribution in [0.25, 0.3) is 50.3 Å². The smallest absolute Gasteiger partial charge is 0.251 e. The van der Waals surface area contributed by atoms with Crippen LogP contribution in [0.3, 0.4) is 0 Å². The van der Waals surface area contributed by atoms with Crippen molar-refractivity contribution in [2.45, 2.75) is 85.1 Å². The zero-order valence-electron chi connectivity index (χ0n) is 81.9. The molecule has 742 valence electrons. The Morgan fingerprint density at radius 2 is 0.655 bits per heavy atom. The zero-order valence-corrected chi connectivity index (χ0v) is 82.7. The third kappa shape index (κ3) is 27.7. The number of unbranched alkanes of at least 4 members (excludes halogenated alkanes) is 1. The number of benzene rings is 10. The summed E-state index contributed by atoms with van der Waals surface area (Å²) in [6.45, 7) is 29.7. The first-order chi connectivity index (χ1) is 71.1. The summed E-state index contributed by atoms with van der Waals surface area (Å²) in [5.74, 6) is 1.56. The number of piperazine rings is 2. The van der Waals surface area contributed by atoms with Gasteiger partial charge in [-0.1, -0.05) is 220 Å². The molecule has 0 radical (unpaired) electrons. The molecule has 10 heterocycles. The van der Waals surface area contributed by atoms with Gasteiger partial charge in [0.05, 0.1) is 55.0 Å². The van der Waals surface area contributed by atoms with Crippen LogP contribution < -0.4 is 46.4 Å². The molecule has 8 aromatic heterocycles. The number of fused-ring (bicyclic) bond motifs is 4. The zero-order chi connectivity index (χ0) is 99.9. The van der Waals surface area contributed by atoms with Crippen molar-refractivity contribution in [1.82, 2.24) is 135 Å². The van der Waals surface area contributed by atoms with E-state index in [0.717, 1.165) is 157 Å². The maximum absolute atomic E-state index is 12.6. The lowest BCUT2D eigenvalue weighted by Gasteiger charge is -2.36. The molecule has 10 aromatic carbocycles. The fourth-order valence-electron chi connectivity index (χ4n) is 16.7. The fraction of sp³-hybridized carbons (Fsp3) is 0.271. The predicted octanol–water partition coefficient (Wildman–Crippen LogP) is 14.9. The Hall–Kier alpha value is -16.4. The summed E-state index contributed by atoms with van der Waals surface area (Å²) >= 11 is 0. The van der Waals surface area contributed by atoms with Crippen molar-refractivity contribution < 1.29 is 18.0 Å². The van der Waals surface area contributed by atoms with Gasteiger partial charge >= 0.3 is 0 Å². The van der Waals surface area contributed by atoms with Crippen molar-refractivity contribution in [2.24, 2.45) is 0 Å². The molecule has 0 saturated carbocycles. The molecule has 2 aliphatic heterocycles. The van der Waals surface area contributed by atoms with E-state index in [4.69, 9.17) is 4.98 Å². The topological polar surface area (TPSA) is 398 Å². The van der Waals surface area contributed by atoms with Crippen molar-refractivity contribution in [1.29, 1.82) is 0 Å². The SMILES string of the molecule is CCCCNS(=O)(=O)c1cccc(Nc2ncc3nnn(Cc4ccccc4)c3n2)c1.CCN(CC)CCNC(=O)c1ccc(Nc2ncc3nnn(-c4ccc(N5CCN(Cc6ccccc6)CC5)cc4)c3n2)cc1.CCN(CC)CCNC(=O)c1ccc(Nc2ncc3nnn(Cc4ccccc4)c3n2)cc1.c1ccc(CN2CCN(c3ccc(Nc4ncc5nnn(Cc6ccccc6)c5n4)cc3)CC2)cc1. The van der Waals surface area contributed by atoms with E-state index in [0.29, 0.717) is 125 Å². The number of amides is 2. The summed E-state index contributed by atoms with van der Waals surface area (Å²) in [7, 11) is -3.57. The summed E-state index contributed by atoms with van der Waals surface area (Å²) in [6, 6.07) is 89.4. The molecular weight excluding hydrogens is 1840 g/mol. The number of nitrogens with zero attached hydrogens (tertiary/aromatic N) is 26. The highest BCUT2D eigenvalue weighted by molar-refractivity contribution is 7.89. The number of sulfonamides is 1. The summed E-state index contributed by atoms with van der Waals surface area (Å²) < 4.78 is 34.6. The predicted molar refractivity (Wildman–Crippen MR) is 568 cm³/mol. The summed E-state index contributed by atoms with van der Waals surface area (Å²) in [4.78, 5) is 75.5. The van der Waals surface area contributed by atoms with Gasteiger partial charge in [-0.05, 0) is 176 Å². The van der Waals surface area contributed by atoms with Crippen molar-refractivity contribution in [2.75, 3.05) is 142 Å². The minimum Gasteiger partial charge on any atom is -0.369 e. The Morgan fingerprint density at radius 1 is 0.331 bits per heavy atom. The standard InChI is InChI=1S/C34H40N10O.C28H28N8.C24H28N8O.C21H23N7O2S/c1-3-41(4-2)19-18-35-33(45)27-10-12-28(13-11-27)37-34-36-24-31-32(38-34)44(40-39-31)30-16-14-29(15-17-30)43-22-20-42(21-23-43)25-26-8-6-5-7-9-26;1-3-7-22(8-4-1)20-34-15-17-35(18-16-34)25-13-11-24(12-14-25)30-28-29-19-26-27(31-28)36(33-32-26)21-23-9-5-2-6-10-23;1-3-31(4-2)15-14-25-23(33)19-10-12-20(13-11-19)27-24-26-16-21-22(28-24)32(30-29-21)17-18-8-6-5-7-9-18;1-2-3-12-23-31(29,30)18-11-7-10-17(13-18)24-21-22-14-19-20(25-21)28(27-26-19)15-16-8-5-4-6-9-16/h5-17,24H,3-4,18-23,25H2,1-2H3,(H,35,45)(H,36,37,38);1-14,19H,15-18,20-21H2,(H,29,30,31);5-13,16H,3-4,14-15,17H2,1-2H3,(H,25,33)(H,26,27,28);4-11,13-14,23H,2-3,12,15H2,1H3,(H,22,24,25). The molecule has 145 heavy (non-hydrogen) atoms. The molecular formula is C107H119N33O4S. The lowest BCUT2D eigenvalue weighted by Crippen LogP contribution is -2.45. The van der Waals surface area contributed by atoms with Gasteiger partial charge in [-0.25, -0.2) is 47.1 Å². The van der Waals surface area contributed by atoms with Gasteiger partial charge in [0.1, 0.15) is 0 Å². The Morgan fingerprint density at radius 3 is 1.02 bits per heavy atom. The number of hydrogen-bond acceptors (Lipinski definition) is 30. The van der Waals surface area contributed by atoms with Gasteiger partial charge in [0, 0.05) is 143 Å². The lowest BCUT2D eigenvalue weighted by atomic mass is 10.2. The molecule has 0 atom stereocenters. The number of nitrogens with one attached hydrogen (secondary N) is 7. The van der Waals surface area contributed by atoms with E-state index in [-0.39, 0.29) is 16.7 Å². The van der Waals surface area contributed by atoms with Gasteiger partial charge < -0.3 is 51.5 Å². The van der Waals surface area contributed by atoms with Gasteiger partial charge in [-0.2, -0.15) is 24.6 Å². The lowest BCUT2D eigenvalue weighted by molar-refractivity contribution is 0.0941. The van der Waals surface area contributed by atoms with Crippen molar-refractivity contribution in [3.63, 3.8) is 0 Å². The Balaban J connectivity index is 0.000000134. The van der Waals surface area contributed by atoms with Crippen LogP contribution in [0.5, 0.6) is 0 Å². The van der Waals surface area contributed by atoms with Gasteiger partial charge in [0.2, 0.25) is 33.8 Å². The van der Waals surface area contributed by atoms with Crippen molar-refractivity contribution in [3.05, 3.63) is 337 Å². The minimum absolute atomic E-state index is 0.0812. The number of aromatic nitrogens is 20. The van der Waals surface area contributed by atoms with E-state index in [1.165, 1.54) is 22.5 Å². The van der Waals surface area contributed by atoms with Crippen LogP contribution >= 0.6 is 0 Å². The van der Waals surface area contributed by atoms with Gasteiger partial charge in [-0.15, -0.1) is 20.4 Å². The van der Waals surface area contributed by atoms with Gasteiger partial charge in [-0.3, -0.25) is 19.4 Å². The third-order valence-corrected chi connectivity index (χ3v) is 26.4. The number of anilines is 10. The van der Waals surface area contributed by atoms with Crippen LogP contribution in [0.15, 0.2) is 303 Å². The highest BCUT2D eigenvalue weighted by atomic mass is 32.2. The van der Waals surface area contributed by atoms with Crippen LogP contribution in [0.1, 0.15) is 96.0 Å². The maximum Gasteiger partial charge on any atom is 0.251 e. The summed E-state index contributed by atoms with van der Waals surface area (Å²) in [5.41, 5.74) is 18.8.